The molecular weight excluding hydrogens is 230 g/mol. The summed E-state index contributed by atoms with van der Waals surface area (Å²) in [5.41, 5.74) is 0.887. The van der Waals surface area contributed by atoms with Gasteiger partial charge in [0.25, 0.3) is 0 Å². The quantitative estimate of drug-likeness (QED) is 0.812. The standard InChI is InChI=1S/C14H13NO3/c1-16-13-7-10-2-3-15-8-11(10)6-12(13)14-9-17-4-5-18-14/h2-3,6-9H,4-5H2,1H3. The molecule has 0 atom stereocenters. The number of nitrogens with zero attached hydrogens (tertiary/aromatic N) is 1. The van der Waals surface area contributed by atoms with Crippen LogP contribution in [0.25, 0.3) is 16.5 Å². The van der Waals surface area contributed by atoms with Crippen LogP contribution in [0.15, 0.2) is 36.9 Å². The van der Waals surface area contributed by atoms with Gasteiger partial charge in [-0.1, -0.05) is 0 Å². The van der Waals surface area contributed by atoms with Crippen molar-refractivity contribution in [2.45, 2.75) is 0 Å². The van der Waals surface area contributed by atoms with Crippen molar-refractivity contribution >= 4 is 16.5 Å². The molecule has 18 heavy (non-hydrogen) atoms. The first-order valence-corrected chi connectivity index (χ1v) is 5.75. The molecule has 2 heterocycles. The molecule has 1 aliphatic heterocycles. The molecule has 1 aromatic heterocycles. The van der Waals surface area contributed by atoms with Crippen molar-refractivity contribution in [3.63, 3.8) is 0 Å². The number of hydrogen-bond donors (Lipinski definition) is 0. The number of hydrogen-bond acceptors (Lipinski definition) is 4. The number of benzene rings is 1. The summed E-state index contributed by atoms with van der Waals surface area (Å²) in [6.45, 7) is 1.14. The van der Waals surface area contributed by atoms with Gasteiger partial charge in [-0.3, -0.25) is 4.98 Å². The monoisotopic (exact) mass is 243 g/mol. The van der Waals surface area contributed by atoms with Gasteiger partial charge >= 0.3 is 0 Å². The van der Waals surface area contributed by atoms with Crippen LogP contribution in [0.3, 0.4) is 0 Å². The lowest BCUT2D eigenvalue weighted by Gasteiger charge is -2.18. The normalized spacial score (nSPS) is 14.6. The van der Waals surface area contributed by atoms with Gasteiger partial charge in [0.1, 0.15) is 25.2 Å². The maximum atomic E-state index is 5.59. The molecule has 0 spiro atoms. The fraction of sp³-hybridized carbons (Fsp3) is 0.214. The van der Waals surface area contributed by atoms with Crippen LogP contribution in [0.2, 0.25) is 0 Å². The van der Waals surface area contributed by atoms with Crippen LogP contribution in [0.5, 0.6) is 5.75 Å². The van der Waals surface area contributed by atoms with E-state index < -0.39 is 0 Å². The van der Waals surface area contributed by atoms with Crippen LogP contribution in [0, 0.1) is 0 Å². The highest BCUT2D eigenvalue weighted by molar-refractivity contribution is 5.87. The third kappa shape index (κ3) is 1.86. The zero-order valence-corrected chi connectivity index (χ0v) is 10.1. The Hall–Kier alpha value is -2.23. The van der Waals surface area contributed by atoms with Crippen molar-refractivity contribution in [2.24, 2.45) is 0 Å². The Morgan fingerprint density at radius 2 is 2.17 bits per heavy atom. The number of ether oxygens (including phenoxy) is 3. The second-order valence-electron chi connectivity index (χ2n) is 3.98. The van der Waals surface area contributed by atoms with E-state index in [1.165, 1.54) is 0 Å². The first kappa shape index (κ1) is 10.9. The number of aromatic nitrogens is 1. The second-order valence-corrected chi connectivity index (χ2v) is 3.98. The molecule has 0 fully saturated rings. The fourth-order valence-corrected chi connectivity index (χ4v) is 1.99. The molecule has 0 aliphatic carbocycles. The third-order valence-electron chi connectivity index (χ3n) is 2.87. The van der Waals surface area contributed by atoms with E-state index in [1.807, 2.05) is 24.4 Å². The topological polar surface area (TPSA) is 40.6 Å². The van der Waals surface area contributed by atoms with E-state index in [2.05, 4.69) is 4.98 Å². The molecule has 3 rings (SSSR count). The van der Waals surface area contributed by atoms with Gasteiger partial charge in [0.2, 0.25) is 0 Å². The molecule has 1 aliphatic rings. The minimum absolute atomic E-state index is 0.556. The van der Waals surface area contributed by atoms with Gasteiger partial charge in [-0.05, 0) is 23.6 Å². The molecule has 0 amide bonds. The molecule has 0 unspecified atom stereocenters. The molecule has 1 aromatic carbocycles. The summed E-state index contributed by atoms with van der Waals surface area (Å²) < 4.78 is 16.3. The summed E-state index contributed by atoms with van der Waals surface area (Å²) in [6, 6.07) is 5.93. The van der Waals surface area contributed by atoms with E-state index in [4.69, 9.17) is 14.2 Å². The largest absolute Gasteiger partial charge is 0.496 e. The number of methoxy groups -OCH3 is 1. The van der Waals surface area contributed by atoms with Gasteiger partial charge < -0.3 is 14.2 Å². The highest BCUT2D eigenvalue weighted by Crippen LogP contribution is 2.32. The Balaban J connectivity index is 2.17. The summed E-state index contributed by atoms with van der Waals surface area (Å²) in [6.07, 6.45) is 5.22. The summed E-state index contributed by atoms with van der Waals surface area (Å²) in [5, 5.41) is 2.13. The van der Waals surface area contributed by atoms with Crippen LogP contribution in [0.1, 0.15) is 5.56 Å². The number of fused-ring (bicyclic) bond motifs is 1. The van der Waals surface area contributed by atoms with Gasteiger partial charge in [-0.25, -0.2) is 0 Å². The predicted molar refractivity (Wildman–Crippen MR) is 68.2 cm³/mol. The molecule has 2 aromatic rings. The molecule has 0 saturated heterocycles. The summed E-state index contributed by atoms with van der Waals surface area (Å²) in [7, 11) is 1.65. The first-order chi connectivity index (χ1) is 8.88. The van der Waals surface area contributed by atoms with Gasteiger partial charge in [0.15, 0.2) is 5.76 Å². The SMILES string of the molecule is COc1cc2ccncc2cc1C1=COCCO1. The zero-order chi connectivity index (χ0) is 12.4. The molecule has 0 N–H and O–H groups in total. The molecule has 0 radical (unpaired) electrons. The van der Waals surface area contributed by atoms with E-state index in [0.29, 0.717) is 19.0 Å². The number of rotatable bonds is 2. The van der Waals surface area contributed by atoms with Crippen molar-refractivity contribution in [1.82, 2.24) is 4.98 Å². The minimum Gasteiger partial charge on any atom is -0.496 e. The van der Waals surface area contributed by atoms with Gasteiger partial charge in [-0.2, -0.15) is 0 Å². The highest BCUT2D eigenvalue weighted by Gasteiger charge is 2.14. The van der Waals surface area contributed by atoms with E-state index >= 15 is 0 Å². The zero-order valence-electron chi connectivity index (χ0n) is 10.1. The van der Waals surface area contributed by atoms with Crippen molar-refractivity contribution in [1.29, 1.82) is 0 Å². The predicted octanol–water partition coefficient (Wildman–Crippen LogP) is 2.59. The van der Waals surface area contributed by atoms with Gasteiger partial charge in [0.05, 0.1) is 12.7 Å². The summed E-state index contributed by atoms with van der Waals surface area (Å²) in [4.78, 5) is 4.12. The Kier molecular flexibility index (Phi) is 2.76. The van der Waals surface area contributed by atoms with Crippen molar-refractivity contribution < 1.29 is 14.2 Å². The van der Waals surface area contributed by atoms with Crippen LogP contribution in [-0.2, 0) is 9.47 Å². The maximum Gasteiger partial charge on any atom is 0.164 e. The Morgan fingerprint density at radius 3 is 2.94 bits per heavy atom. The van der Waals surface area contributed by atoms with Gasteiger partial charge in [-0.15, -0.1) is 0 Å². The average Bonchev–Trinajstić information content (AvgIpc) is 2.46. The molecule has 92 valence electrons. The van der Waals surface area contributed by atoms with Crippen LogP contribution >= 0.6 is 0 Å². The lowest BCUT2D eigenvalue weighted by molar-refractivity contribution is 0.125. The summed E-state index contributed by atoms with van der Waals surface area (Å²) >= 11 is 0. The van der Waals surface area contributed by atoms with Crippen LogP contribution < -0.4 is 4.74 Å². The van der Waals surface area contributed by atoms with Gasteiger partial charge in [0, 0.05) is 17.8 Å². The molecule has 4 nitrogen and oxygen atoms in total. The average molecular weight is 243 g/mol. The lowest BCUT2D eigenvalue weighted by Crippen LogP contribution is -2.08. The van der Waals surface area contributed by atoms with Crippen LogP contribution in [-0.4, -0.2) is 25.3 Å². The number of pyridine rings is 1. The lowest BCUT2D eigenvalue weighted by atomic mass is 10.1. The van der Waals surface area contributed by atoms with E-state index in [9.17, 15) is 0 Å². The molecular formula is C14H13NO3. The Morgan fingerprint density at radius 1 is 1.22 bits per heavy atom. The van der Waals surface area contributed by atoms with Crippen LogP contribution in [0.4, 0.5) is 0 Å². The second kappa shape index (κ2) is 4.56. The fourth-order valence-electron chi connectivity index (χ4n) is 1.99. The maximum absolute atomic E-state index is 5.59. The third-order valence-corrected chi connectivity index (χ3v) is 2.87. The first-order valence-electron chi connectivity index (χ1n) is 5.75. The minimum atomic E-state index is 0.556. The molecule has 0 saturated carbocycles. The summed E-state index contributed by atoms with van der Waals surface area (Å²) in [5.74, 6) is 1.47. The smallest absolute Gasteiger partial charge is 0.164 e. The molecule has 0 bridgehead atoms. The molecule has 4 heteroatoms. The van der Waals surface area contributed by atoms with Crippen molar-refractivity contribution in [3.8, 4) is 5.75 Å². The van der Waals surface area contributed by atoms with Crippen molar-refractivity contribution in [3.05, 3.63) is 42.4 Å². The van der Waals surface area contributed by atoms with E-state index in [-0.39, 0.29) is 0 Å². The van der Waals surface area contributed by atoms with E-state index in [1.54, 1.807) is 19.6 Å². The highest BCUT2D eigenvalue weighted by atomic mass is 16.6. The Labute approximate surface area is 105 Å². The Bertz CT molecular complexity index is 607. The van der Waals surface area contributed by atoms with Crippen molar-refractivity contribution in [2.75, 3.05) is 20.3 Å². The van der Waals surface area contributed by atoms with E-state index in [0.717, 1.165) is 22.1 Å².